The van der Waals surface area contributed by atoms with Gasteiger partial charge in [0.1, 0.15) is 0 Å². The standard InChI is InChI=1S/C15H16N4O2/c20-13(9-8-12-5-2-1-3-6-12)11-19-17-15(16-18-19)14-7-4-10-21-14/h1-7,10,13,20H,8-9,11H2. The maximum absolute atomic E-state index is 10.1. The maximum Gasteiger partial charge on any atom is 0.240 e. The van der Waals surface area contributed by atoms with E-state index in [9.17, 15) is 5.11 Å². The molecule has 6 heteroatoms. The van der Waals surface area contributed by atoms with E-state index in [0.29, 0.717) is 24.6 Å². The van der Waals surface area contributed by atoms with E-state index in [1.807, 2.05) is 18.2 Å². The third-order valence-electron chi connectivity index (χ3n) is 3.18. The summed E-state index contributed by atoms with van der Waals surface area (Å²) in [5.41, 5.74) is 1.21. The highest BCUT2D eigenvalue weighted by Crippen LogP contribution is 2.13. The number of benzene rings is 1. The lowest BCUT2D eigenvalue weighted by molar-refractivity contribution is 0.133. The molecule has 0 aliphatic carbocycles. The highest BCUT2D eigenvalue weighted by molar-refractivity contribution is 5.43. The number of aliphatic hydroxyl groups is 1. The lowest BCUT2D eigenvalue weighted by atomic mass is 10.1. The first-order valence-electron chi connectivity index (χ1n) is 6.85. The number of aliphatic hydroxyl groups excluding tert-OH is 1. The summed E-state index contributed by atoms with van der Waals surface area (Å²) >= 11 is 0. The number of aryl methyl sites for hydroxylation is 1. The van der Waals surface area contributed by atoms with Crippen molar-refractivity contribution in [3.05, 3.63) is 54.3 Å². The number of furan rings is 1. The van der Waals surface area contributed by atoms with Crippen LogP contribution in [-0.2, 0) is 13.0 Å². The van der Waals surface area contributed by atoms with Crippen LogP contribution in [-0.4, -0.2) is 31.4 Å². The van der Waals surface area contributed by atoms with E-state index in [1.54, 1.807) is 18.4 Å². The van der Waals surface area contributed by atoms with Crippen LogP contribution in [0.1, 0.15) is 12.0 Å². The van der Waals surface area contributed by atoms with Gasteiger partial charge in [-0.3, -0.25) is 0 Å². The van der Waals surface area contributed by atoms with Crippen molar-refractivity contribution >= 4 is 0 Å². The number of nitrogens with zero attached hydrogens (tertiary/aromatic N) is 4. The molecule has 21 heavy (non-hydrogen) atoms. The van der Waals surface area contributed by atoms with Gasteiger partial charge < -0.3 is 9.52 Å². The smallest absolute Gasteiger partial charge is 0.240 e. The van der Waals surface area contributed by atoms with Crippen molar-refractivity contribution in [2.45, 2.75) is 25.5 Å². The van der Waals surface area contributed by atoms with E-state index in [1.165, 1.54) is 10.4 Å². The van der Waals surface area contributed by atoms with E-state index in [4.69, 9.17) is 4.42 Å². The monoisotopic (exact) mass is 284 g/mol. The highest BCUT2D eigenvalue weighted by atomic mass is 16.3. The second-order valence-electron chi connectivity index (χ2n) is 4.82. The maximum atomic E-state index is 10.1. The third-order valence-corrected chi connectivity index (χ3v) is 3.18. The van der Waals surface area contributed by atoms with Crippen LogP contribution in [0.25, 0.3) is 11.6 Å². The fourth-order valence-electron chi connectivity index (χ4n) is 2.08. The summed E-state index contributed by atoms with van der Waals surface area (Å²) in [7, 11) is 0. The minimum absolute atomic E-state index is 0.320. The lowest BCUT2D eigenvalue weighted by Crippen LogP contribution is -2.18. The number of hydrogen-bond donors (Lipinski definition) is 1. The topological polar surface area (TPSA) is 77.0 Å². The van der Waals surface area contributed by atoms with Crippen LogP contribution in [0.5, 0.6) is 0 Å². The predicted molar refractivity (Wildman–Crippen MR) is 76.3 cm³/mol. The molecule has 0 aliphatic heterocycles. The predicted octanol–water partition coefficient (Wildman–Crippen LogP) is 1.93. The summed E-state index contributed by atoms with van der Waals surface area (Å²) in [5, 5.41) is 22.1. The molecule has 0 fully saturated rings. The molecule has 0 saturated carbocycles. The van der Waals surface area contributed by atoms with Crippen molar-refractivity contribution in [3.8, 4) is 11.6 Å². The second-order valence-corrected chi connectivity index (χ2v) is 4.82. The summed E-state index contributed by atoms with van der Waals surface area (Å²) in [6.07, 6.45) is 2.53. The molecule has 1 N–H and O–H groups in total. The van der Waals surface area contributed by atoms with E-state index in [0.717, 1.165) is 6.42 Å². The summed E-state index contributed by atoms with van der Waals surface area (Å²) in [6.45, 7) is 0.320. The fourth-order valence-corrected chi connectivity index (χ4v) is 2.08. The Morgan fingerprint density at radius 3 is 2.76 bits per heavy atom. The Bertz CT molecular complexity index is 664. The van der Waals surface area contributed by atoms with Gasteiger partial charge in [0.15, 0.2) is 5.76 Å². The number of rotatable bonds is 6. The zero-order valence-electron chi connectivity index (χ0n) is 11.5. The summed E-state index contributed by atoms with van der Waals surface area (Å²) in [5.74, 6) is 0.996. The van der Waals surface area contributed by atoms with Gasteiger partial charge in [-0.15, -0.1) is 10.2 Å². The first-order valence-corrected chi connectivity index (χ1v) is 6.85. The van der Waals surface area contributed by atoms with Crippen LogP contribution in [0.15, 0.2) is 53.1 Å². The van der Waals surface area contributed by atoms with Crippen LogP contribution < -0.4 is 0 Å². The molecule has 1 aromatic carbocycles. The van der Waals surface area contributed by atoms with Crippen molar-refractivity contribution in [3.63, 3.8) is 0 Å². The molecule has 3 rings (SSSR count). The fraction of sp³-hybridized carbons (Fsp3) is 0.267. The molecule has 3 aromatic rings. The molecular formula is C15H16N4O2. The third kappa shape index (κ3) is 3.55. The van der Waals surface area contributed by atoms with Crippen LogP contribution in [0.3, 0.4) is 0 Å². The van der Waals surface area contributed by atoms with Crippen molar-refractivity contribution in [2.24, 2.45) is 0 Å². The van der Waals surface area contributed by atoms with Crippen LogP contribution in [0.2, 0.25) is 0 Å². The summed E-state index contributed by atoms with van der Waals surface area (Å²) in [4.78, 5) is 1.40. The van der Waals surface area contributed by atoms with Crippen molar-refractivity contribution < 1.29 is 9.52 Å². The quantitative estimate of drug-likeness (QED) is 0.748. The van der Waals surface area contributed by atoms with E-state index in [2.05, 4.69) is 27.5 Å². The number of tetrazole rings is 1. The Hall–Kier alpha value is -2.47. The molecule has 0 bridgehead atoms. The molecule has 0 spiro atoms. The Morgan fingerprint density at radius 1 is 1.14 bits per heavy atom. The molecular weight excluding hydrogens is 268 g/mol. The second kappa shape index (κ2) is 6.32. The number of hydrogen-bond acceptors (Lipinski definition) is 5. The van der Waals surface area contributed by atoms with E-state index < -0.39 is 6.10 Å². The minimum atomic E-state index is -0.510. The van der Waals surface area contributed by atoms with Crippen molar-refractivity contribution in [1.82, 2.24) is 20.2 Å². The zero-order valence-corrected chi connectivity index (χ0v) is 11.5. The van der Waals surface area contributed by atoms with Gasteiger partial charge in [0, 0.05) is 0 Å². The normalized spacial score (nSPS) is 12.4. The average Bonchev–Trinajstić information content (AvgIpc) is 3.17. The molecule has 6 nitrogen and oxygen atoms in total. The van der Waals surface area contributed by atoms with Gasteiger partial charge in [0.05, 0.1) is 18.9 Å². The summed E-state index contributed by atoms with van der Waals surface area (Å²) in [6, 6.07) is 13.6. The first-order chi connectivity index (χ1) is 10.3. The zero-order chi connectivity index (χ0) is 14.5. The van der Waals surface area contributed by atoms with Gasteiger partial charge in [-0.25, -0.2) is 0 Å². The average molecular weight is 284 g/mol. The van der Waals surface area contributed by atoms with Crippen LogP contribution in [0.4, 0.5) is 0 Å². The van der Waals surface area contributed by atoms with Gasteiger partial charge in [-0.1, -0.05) is 30.3 Å². The van der Waals surface area contributed by atoms with Gasteiger partial charge in [0.2, 0.25) is 5.82 Å². The Morgan fingerprint density at radius 2 is 2.00 bits per heavy atom. The van der Waals surface area contributed by atoms with Crippen LogP contribution in [0, 0.1) is 0 Å². The molecule has 0 aliphatic rings. The van der Waals surface area contributed by atoms with Crippen LogP contribution >= 0.6 is 0 Å². The molecule has 1 atom stereocenters. The van der Waals surface area contributed by atoms with E-state index >= 15 is 0 Å². The van der Waals surface area contributed by atoms with Crippen molar-refractivity contribution in [1.29, 1.82) is 0 Å². The Labute approximate surface area is 122 Å². The number of aromatic nitrogens is 4. The van der Waals surface area contributed by atoms with Gasteiger partial charge in [0.25, 0.3) is 0 Å². The summed E-state index contributed by atoms with van der Waals surface area (Å²) < 4.78 is 5.20. The largest absolute Gasteiger partial charge is 0.461 e. The minimum Gasteiger partial charge on any atom is -0.461 e. The van der Waals surface area contributed by atoms with Gasteiger partial charge in [-0.05, 0) is 35.8 Å². The first kappa shape index (κ1) is 13.5. The Kier molecular flexibility index (Phi) is 4.07. The molecule has 0 radical (unpaired) electrons. The molecule has 2 heterocycles. The SMILES string of the molecule is OC(CCc1ccccc1)Cn1nnc(-c2ccco2)n1. The molecule has 108 valence electrons. The highest BCUT2D eigenvalue weighted by Gasteiger charge is 2.11. The molecule has 1 unspecified atom stereocenters. The Balaban J connectivity index is 1.54. The lowest BCUT2D eigenvalue weighted by Gasteiger charge is -2.08. The molecule has 2 aromatic heterocycles. The molecule has 0 saturated heterocycles. The van der Waals surface area contributed by atoms with Gasteiger partial charge >= 0.3 is 0 Å². The molecule has 0 amide bonds. The van der Waals surface area contributed by atoms with Gasteiger partial charge in [-0.2, -0.15) is 4.80 Å². The van der Waals surface area contributed by atoms with Crippen molar-refractivity contribution in [2.75, 3.05) is 0 Å². The van der Waals surface area contributed by atoms with E-state index in [-0.39, 0.29) is 0 Å².